The second-order valence-corrected chi connectivity index (χ2v) is 8.12. The highest BCUT2D eigenvalue weighted by atomic mass is 31.1. The third-order valence-electron chi connectivity index (χ3n) is 5.97. The Morgan fingerprint density at radius 3 is 1.57 bits per heavy atom. The van der Waals surface area contributed by atoms with Crippen molar-refractivity contribution in [2.45, 2.75) is 55.4 Å². The number of hydrogen-bond donors (Lipinski definition) is 0. The molecule has 1 atom stereocenters. The first-order valence-corrected chi connectivity index (χ1v) is 9.43. The van der Waals surface area contributed by atoms with Crippen LogP contribution >= 0.6 is 8.03 Å². The van der Waals surface area contributed by atoms with Crippen molar-refractivity contribution in [3.63, 3.8) is 0 Å². The lowest BCUT2D eigenvalue weighted by atomic mass is 9.84. The minimum atomic E-state index is -2.27. The van der Waals surface area contributed by atoms with Crippen LogP contribution in [0.15, 0.2) is 0 Å². The second-order valence-electron chi connectivity index (χ2n) is 6.84. The summed E-state index contributed by atoms with van der Waals surface area (Å²) in [6.45, 7) is 17.0. The van der Waals surface area contributed by atoms with Crippen molar-refractivity contribution in [1.29, 1.82) is 0 Å². The molecule has 1 aliphatic heterocycles. The third kappa shape index (κ3) is 2.04. The molecule has 23 heavy (non-hydrogen) atoms. The second kappa shape index (κ2) is 5.24. The van der Waals surface area contributed by atoms with Crippen molar-refractivity contribution in [2.24, 2.45) is 0 Å². The zero-order valence-electron chi connectivity index (χ0n) is 15.3. The van der Waals surface area contributed by atoms with Crippen molar-refractivity contribution in [1.82, 2.24) is 0 Å². The molecular formula is C20H25O2P. The van der Waals surface area contributed by atoms with Crippen LogP contribution in [-0.4, -0.2) is 0 Å². The average Bonchev–Trinajstić information content (AvgIpc) is 2.53. The van der Waals surface area contributed by atoms with Crippen LogP contribution in [0.2, 0.25) is 0 Å². The van der Waals surface area contributed by atoms with Gasteiger partial charge in [0.1, 0.15) is 5.75 Å². The van der Waals surface area contributed by atoms with Crippen LogP contribution in [0.3, 0.4) is 0 Å². The molecule has 0 spiro atoms. The molecular weight excluding hydrogens is 303 g/mol. The van der Waals surface area contributed by atoms with Gasteiger partial charge in [-0.3, -0.25) is 4.57 Å². The Bertz CT molecular complexity index is 892. The largest absolute Gasteiger partial charge is 0.441 e. The lowest BCUT2D eigenvalue weighted by Gasteiger charge is -2.30. The van der Waals surface area contributed by atoms with E-state index in [1.165, 1.54) is 33.4 Å². The van der Waals surface area contributed by atoms with Gasteiger partial charge in [0.25, 0.3) is 8.03 Å². The molecule has 0 aliphatic carbocycles. The van der Waals surface area contributed by atoms with Crippen LogP contribution in [0.5, 0.6) is 5.75 Å². The summed E-state index contributed by atoms with van der Waals surface area (Å²) in [6, 6.07) is 0. The average molecular weight is 328 g/mol. The molecule has 0 fully saturated rings. The van der Waals surface area contributed by atoms with E-state index in [0.29, 0.717) is 0 Å². The van der Waals surface area contributed by atoms with E-state index in [1.807, 2.05) is 0 Å². The molecule has 0 aromatic heterocycles. The molecule has 2 aromatic carbocycles. The molecule has 0 N–H and O–H groups in total. The fourth-order valence-electron chi connectivity index (χ4n) is 3.73. The van der Waals surface area contributed by atoms with E-state index in [4.69, 9.17) is 4.52 Å². The molecule has 2 aromatic rings. The van der Waals surface area contributed by atoms with Gasteiger partial charge in [0, 0.05) is 11.1 Å². The Labute approximate surface area is 139 Å². The molecule has 1 unspecified atom stereocenters. The molecule has 3 heteroatoms. The van der Waals surface area contributed by atoms with Gasteiger partial charge in [-0.1, -0.05) is 0 Å². The summed E-state index contributed by atoms with van der Waals surface area (Å²) < 4.78 is 18.9. The van der Waals surface area contributed by atoms with Crippen LogP contribution in [0.4, 0.5) is 0 Å². The Balaban J connectivity index is 2.57. The minimum Gasteiger partial charge on any atom is -0.441 e. The highest BCUT2D eigenvalue weighted by Crippen LogP contribution is 2.50. The number of benzene rings is 2. The smallest absolute Gasteiger partial charge is 0.266 e. The molecule has 2 nitrogen and oxygen atoms in total. The first-order valence-electron chi connectivity index (χ1n) is 8.11. The monoisotopic (exact) mass is 328 g/mol. The quantitative estimate of drug-likeness (QED) is 0.612. The predicted octanol–water partition coefficient (Wildman–Crippen LogP) is 5.31. The highest BCUT2D eigenvalue weighted by molar-refractivity contribution is 7.49. The Hall–Kier alpha value is -1.53. The predicted molar refractivity (Wildman–Crippen MR) is 99.0 cm³/mol. The van der Waals surface area contributed by atoms with E-state index in [-0.39, 0.29) is 0 Å². The topological polar surface area (TPSA) is 26.3 Å². The number of hydrogen-bond acceptors (Lipinski definition) is 2. The van der Waals surface area contributed by atoms with Crippen LogP contribution in [0.1, 0.15) is 44.5 Å². The molecule has 0 bridgehead atoms. The van der Waals surface area contributed by atoms with Crippen LogP contribution in [0.25, 0.3) is 11.1 Å². The van der Waals surface area contributed by atoms with Crippen LogP contribution in [0, 0.1) is 55.4 Å². The molecule has 0 saturated heterocycles. The maximum atomic E-state index is 12.9. The molecule has 1 heterocycles. The Morgan fingerprint density at radius 1 is 0.565 bits per heavy atom. The lowest BCUT2D eigenvalue weighted by Crippen LogP contribution is -2.20. The number of rotatable bonds is 0. The van der Waals surface area contributed by atoms with Crippen LogP contribution < -0.4 is 9.83 Å². The van der Waals surface area contributed by atoms with Gasteiger partial charge in [-0.05, 0) is 99.9 Å². The molecule has 122 valence electrons. The molecule has 0 amide bonds. The SMILES string of the molecule is Cc1c(C)c(C)c2c(c1C)O[PH](=O)c1c(C)c(C)c(C)c(C)c1-2. The van der Waals surface area contributed by atoms with Crippen molar-refractivity contribution < 1.29 is 9.09 Å². The molecule has 0 radical (unpaired) electrons. The fourth-order valence-corrected chi connectivity index (χ4v) is 5.28. The third-order valence-corrected chi connectivity index (χ3v) is 7.39. The van der Waals surface area contributed by atoms with Crippen molar-refractivity contribution in [2.75, 3.05) is 0 Å². The van der Waals surface area contributed by atoms with E-state index in [0.717, 1.165) is 33.3 Å². The first kappa shape index (κ1) is 16.3. The fraction of sp³-hybridized carbons (Fsp3) is 0.400. The molecule has 0 saturated carbocycles. The summed E-state index contributed by atoms with van der Waals surface area (Å²) in [7, 11) is -2.27. The van der Waals surface area contributed by atoms with Crippen molar-refractivity contribution in [3.05, 3.63) is 44.5 Å². The number of fused-ring (bicyclic) bond motifs is 3. The lowest BCUT2D eigenvalue weighted by molar-refractivity contribution is 0.510. The van der Waals surface area contributed by atoms with E-state index in [1.54, 1.807) is 0 Å². The zero-order valence-corrected chi connectivity index (χ0v) is 16.3. The van der Waals surface area contributed by atoms with E-state index >= 15 is 0 Å². The molecule has 3 rings (SSSR count). The van der Waals surface area contributed by atoms with E-state index in [9.17, 15) is 4.57 Å². The standard InChI is InChI=1S/C20H25O2P/c1-9-11(3)15(7)19-17(13(9)5)18-14(6)10(2)12(4)16(8)20(18)23(21)22-19/h23H,1-8H3. The van der Waals surface area contributed by atoms with Crippen LogP contribution in [-0.2, 0) is 4.57 Å². The minimum absolute atomic E-state index is 0.827. The van der Waals surface area contributed by atoms with Crippen molar-refractivity contribution >= 4 is 13.3 Å². The van der Waals surface area contributed by atoms with Crippen molar-refractivity contribution in [3.8, 4) is 16.9 Å². The Kier molecular flexibility index (Phi) is 3.72. The zero-order chi connectivity index (χ0) is 17.2. The van der Waals surface area contributed by atoms with Gasteiger partial charge < -0.3 is 4.52 Å². The normalized spacial score (nSPS) is 15.9. The van der Waals surface area contributed by atoms with Gasteiger partial charge >= 0.3 is 0 Å². The first-order chi connectivity index (χ1) is 10.7. The van der Waals surface area contributed by atoms with Gasteiger partial charge in [-0.15, -0.1) is 0 Å². The highest BCUT2D eigenvalue weighted by Gasteiger charge is 2.31. The summed E-state index contributed by atoms with van der Waals surface area (Å²) in [5, 5.41) is 0.925. The summed E-state index contributed by atoms with van der Waals surface area (Å²) in [5.74, 6) is 0.827. The van der Waals surface area contributed by atoms with E-state index in [2.05, 4.69) is 55.4 Å². The summed E-state index contributed by atoms with van der Waals surface area (Å²) in [4.78, 5) is 0. The van der Waals surface area contributed by atoms with Gasteiger partial charge in [-0.25, -0.2) is 0 Å². The molecule has 1 aliphatic rings. The maximum absolute atomic E-state index is 12.9. The van der Waals surface area contributed by atoms with Gasteiger partial charge in [0.05, 0.1) is 5.30 Å². The van der Waals surface area contributed by atoms with E-state index < -0.39 is 8.03 Å². The Morgan fingerprint density at radius 2 is 1.00 bits per heavy atom. The van der Waals surface area contributed by atoms with Gasteiger partial charge in [-0.2, -0.15) is 0 Å². The maximum Gasteiger partial charge on any atom is 0.266 e. The van der Waals surface area contributed by atoms with Gasteiger partial charge in [0.15, 0.2) is 0 Å². The summed E-state index contributed by atoms with van der Waals surface area (Å²) in [6.07, 6.45) is 0. The summed E-state index contributed by atoms with van der Waals surface area (Å²) in [5.41, 5.74) is 12.1. The summed E-state index contributed by atoms with van der Waals surface area (Å²) >= 11 is 0. The van der Waals surface area contributed by atoms with Gasteiger partial charge in [0.2, 0.25) is 0 Å².